The minimum absolute atomic E-state index is 0.331. The summed E-state index contributed by atoms with van der Waals surface area (Å²) in [7, 11) is 0. The monoisotopic (exact) mass is 246 g/mol. The number of hydrogen-bond acceptors (Lipinski definition) is 2. The summed E-state index contributed by atoms with van der Waals surface area (Å²) in [6.07, 6.45) is 3.78. The molecule has 2 N–H and O–H groups in total. The van der Waals surface area contributed by atoms with E-state index in [9.17, 15) is 4.79 Å². The van der Waals surface area contributed by atoms with Gasteiger partial charge in [0.05, 0.1) is 0 Å². The summed E-state index contributed by atoms with van der Waals surface area (Å²) in [6.45, 7) is 5.35. The van der Waals surface area contributed by atoms with Gasteiger partial charge in [-0.05, 0) is 38.3 Å². The number of carbonyl (C=O) groups is 1. The van der Waals surface area contributed by atoms with Crippen LogP contribution in [-0.4, -0.2) is 22.9 Å². The molecule has 18 heavy (non-hydrogen) atoms. The number of amides is 1. The molecular weight excluding hydrogens is 224 g/mol. The summed E-state index contributed by atoms with van der Waals surface area (Å²) >= 11 is 0. The van der Waals surface area contributed by atoms with Gasteiger partial charge in [-0.25, -0.2) is 0 Å². The lowest BCUT2D eigenvalue weighted by molar-refractivity contribution is 0.0925. The lowest BCUT2D eigenvalue weighted by Gasteiger charge is -2.39. The SMILES string of the molecule is CC1CCCC(C)N1Cc1ccccc1C(N)=O. The van der Waals surface area contributed by atoms with E-state index in [0.29, 0.717) is 17.6 Å². The summed E-state index contributed by atoms with van der Waals surface area (Å²) in [5, 5.41) is 0. The minimum Gasteiger partial charge on any atom is -0.366 e. The molecule has 1 amide bonds. The Bertz CT molecular complexity index is 420. The molecule has 0 bridgehead atoms. The van der Waals surface area contributed by atoms with Crippen molar-refractivity contribution in [1.82, 2.24) is 4.90 Å². The van der Waals surface area contributed by atoms with E-state index in [4.69, 9.17) is 5.73 Å². The molecule has 98 valence electrons. The molecule has 1 aliphatic rings. The Morgan fingerprint density at radius 3 is 2.50 bits per heavy atom. The van der Waals surface area contributed by atoms with Crippen LogP contribution in [0.3, 0.4) is 0 Å². The van der Waals surface area contributed by atoms with Crippen molar-refractivity contribution in [3.8, 4) is 0 Å². The van der Waals surface area contributed by atoms with Gasteiger partial charge in [-0.3, -0.25) is 9.69 Å². The van der Waals surface area contributed by atoms with E-state index in [1.807, 2.05) is 24.3 Å². The van der Waals surface area contributed by atoms with Gasteiger partial charge in [0.15, 0.2) is 0 Å². The van der Waals surface area contributed by atoms with Crippen molar-refractivity contribution in [3.63, 3.8) is 0 Å². The van der Waals surface area contributed by atoms with Crippen molar-refractivity contribution in [2.24, 2.45) is 5.73 Å². The normalized spacial score (nSPS) is 25.0. The number of likely N-dealkylation sites (tertiary alicyclic amines) is 1. The topological polar surface area (TPSA) is 46.3 Å². The molecule has 2 atom stereocenters. The van der Waals surface area contributed by atoms with Crippen molar-refractivity contribution < 1.29 is 4.79 Å². The molecular formula is C15H22N2O. The number of carbonyl (C=O) groups excluding carboxylic acids is 1. The predicted molar refractivity (Wildman–Crippen MR) is 73.3 cm³/mol. The average molecular weight is 246 g/mol. The van der Waals surface area contributed by atoms with Gasteiger partial charge in [0.1, 0.15) is 0 Å². The minimum atomic E-state index is -0.331. The van der Waals surface area contributed by atoms with Gasteiger partial charge in [-0.1, -0.05) is 24.6 Å². The van der Waals surface area contributed by atoms with Crippen LogP contribution in [0.25, 0.3) is 0 Å². The highest BCUT2D eigenvalue weighted by atomic mass is 16.1. The third-order valence-electron chi connectivity index (χ3n) is 4.01. The quantitative estimate of drug-likeness (QED) is 0.891. The molecule has 1 aromatic rings. The fourth-order valence-corrected chi connectivity index (χ4v) is 2.88. The van der Waals surface area contributed by atoms with Gasteiger partial charge in [0.2, 0.25) is 5.91 Å². The third-order valence-corrected chi connectivity index (χ3v) is 4.01. The summed E-state index contributed by atoms with van der Waals surface area (Å²) in [5.74, 6) is -0.331. The fourth-order valence-electron chi connectivity index (χ4n) is 2.88. The fraction of sp³-hybridized carbons (Fsp3) is 0.533. The molecule has 0 aromatic heterocycles. The van der Waals surface area contributed by atoms with Crippen LogP contribution in [0.4, 0.5) is 0 Å². The number of piperidine rings is 1. The molecule has 0 spiro atoms. The van der Waals surface area contributed by atoms with Crippen molar-refractivity contribution in [2.75, 3.05) is 0 Å². The maximum Gasteiger partial charge on any atom is 0.249 e. The van der Waals surface area contributed by atoms with Gasteiger partial charge >= 0.3 is 0 Å². The van der Waals surface area contributed by atoms with Crippen LogP contribution in [0, 0.1) is 0 Å². The van der Waals surface area contributed by atoms with Crippen LogP contribution in [0.2, 0.25) is 0 Å². The van der Waals surface area contributed by atoms with Gasteiger partial charge in [-0.2, -0.15) is 0 Å². The number of nitrogens with two attached hydrogens (primary N) is 1. The van der Waals surface area contributed by atoms with E-state index in [-0.39, 0.29) is 5.91 Å². The van der Waals surface area contributed by atoms with Gasteiger partial charge in [-0.15, -0.1) is 0 Å². The van der Waals surface area contributed by atoms with Crippen molar-refractivity contribution in [1.29, 1.82) is 0 Å². The van der Waals surface area contributed by atoms with E-state index in [0.717, 1.165) is 12.1 Å². The van der Waals surface area contributed by atoms with Crippen LogP contribution in [0.5, 0.6) is 0 Å². The molecule has 0 aliphatic carbocycles. The van der Waals surface area contributed by atoms with E-state index >= 15 is 0 Å². The third kappa shape index (κ3) is 2.72. The molecule has 1 fully saturated rings. The summed E-state index contributed by atoms with van der Waals surface area (Å²) in [5.41, 5.74) is 7.13. The number of benzene rings is 1. The van der Waals surface area contributed by atoms with Crippen molar-refractivity contribution in [2.45, 2.75) is 51.7 Å². The van der Waals surface area contributed by atoms with Gasteiger partial charge < -0.3 is 5.73 Å². The summed E-state index contributed by atoms with van der Waals surface area (Å²) in [6, 6.07) is 8.82. The highest BCUT2D eigenvalue weighted by Crippen LogP contribution is 2.25. The van der Waals surface area contributed by atoms with Crippen molar-refractivity contribution in [3.05, 3.63) is 35.4 Å². The Balaban J connectivity index is 2.20. The van der Waals surface area contributed by atoms with E-state index < -0.39 is 0 Å². The Hall–Kier alpha value is -1.35. The first kappa shape index (κ1) is 13.1. The molecule has 1 aliphatic heterocycles. The molecule has 1 saturated heterocycles. The zero-order valence-corrected chi connectivity index (χ0v) is 11.2. The Morgan fingerprint density at radius 2 is 1.89 bits per heavy atom. The van der Waals surface area contributed by atoms with Gasteiger partial charge in [0, 0.05) is 24.2 Å². The zero-order chi connectivity index (χ0) is 13.1. The maximum atomic E-state index is 11.4. The molecule has 0 radical (unpaired) electrons. The Kier molecular flexibility index (Phi) is 4.02. The highest BCUT2D eigenvalue weighted by molar-refractivity contribution is 5.94. The summed E-state index contributed by atoms with van der Waals surface area (Å²) in [4.78, 5) is 13.9. The molecule has 0 saturated carbocycles. The molecule has 2 rings (SSSR count). The predicted octanol–water partition coefficient (Wildman–Crippen LogP) is 2.55. The standard InChI is InChI=1S/C15H22N2O/c1-11-6-5-7-12(2)17(11)10-13-8-3-4-9-14(13)15(16)18/h3-4,8-9,11-12H,5-7,10H2,1-2H3,(H2,16,18). The second-order valence-corrected chi connectivity index (χ2v) is 5.32. The second kappa shape index (κ2) is 5.53. The number of hydrogen-bond donors (Lipinski definition) is 1. The largest absolute Gasteiger partial charge is 0.366 e. The number of primary amides is 1. The van der Waals surface area contributed by atoms with E-state index in [1.54, 1.807) is 0 Å². The lowest BCUT2D eigenvalue weighted by Crippen LogP contribution is -2.43. The van der Waals surface area contributed by atoms with Crippen LogP contribution in [0.1, 0.15) is 49.0 Å². The highest BCUT2D eigenvalue weighted by Gasteiger charge is 2.25. The second-order valence-electron chi connectivity index (χ2n) is 5.32. The first-order valence-electron chi connectivity index (χ1n) is 6.73. The Morgan fingerprint density at radius 1 is 1.28 bits per heavy atom. The molecule has 3 nitrogen and oxygen atoms in total. The number of nitrogens with zero attached hydrogens (tertiary/aromatic N) is 1. The number of rotatable bonds is 3. The lowest BCUT2D eigenvalue weighted by atomic mass is 9.96. The van der Waals surface area contributed by atoms with E-state index in [1.165, 1.54) is 19.3 Å². The van der Waals surface area contributed by atoms with Crippen LogP contribution in [-0.2, 0) is 6.54 Å². The Labute approximate surface area is 109 Å². The molecule has 1 heterocycles. The van der Waals surface area contributed by atoms with Crippen molar-refractivity contribution >= 4 is 5.91 Å². The summed E-state index contributed by atoms with van der Waals surface area (Å²) < 4.78 is 0. The first-order valence-corrected chi connectivity index (χ1v) is 6.73. The van der Waals surface area contributed by atoms with Crippen LogP contribution in [0.15, 0.2) is 24.3 Å². The smallest absolute Gasteiger partial charge is 0.249 e. The van der Waals surface area contributed by atoms with E-state index in [2.05, 4.69) is 18.7 Å². The molecule has 3 heteroatoms. The molecule has 2 unspecified atom stereocenters. The first-order chi connectivity index (χ1) is 8.59. The zero-order valence-electron chi connectivity index (χ0n) is 11.2. The van der Waals surface area contributed by atoms with Crippen LogP contribution >= 0.6 is 0 Å². The van der Waals surface area contributed by atoms with Crippen LogP contribution < -0.4 is 5.73 Å². The average Bonchev–Trinajstić information content (AvgIpc) is 2.34. The molecule has 1 aromatic carbocycles. The maximum absolute atomic E-state index is 11.4. The van der Waals surface area contributed by atoms with Gasteiger partial charge in [0.25, 0.3) is 0 Å².